The fourth-order valence-corrected chi connectivity index (χ4v) is 2.46. The summed E-state index contributed by atoms with van der Waals surface area (Å²) in [7, 11) is 0. The quantitative estimate of drug-likeness (QED) is 0.605. The van der Waals surface area contributed by atoms with Crippen LogP contribution in [-0.4, -0.2) is 34.3 Å². The fourth-order valence-electron chi connectivity index (χ4n) is 1.76. The number of carbonyl (C=O) groups is 1. The second kappa shape index (κ2) is 7.04. The molecule has 0 aliphatic carbocycles. The van der Waals surface area contributed by atoms with Crippen molar-refractivity contribution < 1.29 is 9.53 Å². The lowest BCUT2D eigenvalue weighted by Gasteiger charge is -2.02. The van der Waals surface area contributed by atoms with Crippen molar-refractivity contribution in [2.75, 3.05) is 18.5 Å². The van der Waals surface area contributed by atoms with Gasteiger partial charge in [0, 0.05) is 17.6 Å². The Kier molecular flexibility index (Phi) is 5.11. The van der Waals surface area contributed by atoms with Crippen molar-refractivity contribution in [1.82, 2.24) is 15.2 Å². The van der Waals surface area contributed by atoms with E-state index in [1.165, 1.54) is 16.9 Å². The summed E-state index contributed by atoms with van der Waals surface area (Å²) in [6.45, 7) is 4.97. The number of hydrogen-bond donors (Lipinski definition) is 2. The number of rotatable bonds is 7. The van der Waals surface area contributed by atoms with E-state index in [1.807, 2.05) is 13.1 Å². The summed E-state index contributed by atoms with van der Waals surface area (Å²) in [5.74, 6) is -0.370. The highest BCUT2D eigenvalue weighted by molar-refractivity contribution is 7.13. The molecule has 2 N–H and O–H groups in total. The van der Waals surface area contributed by atoms with Crippen LogP contribution in [0, 0.1) is 6.92 Å². The molecular formula is C13H18N4O2S. The Morgan fingerprint density at radius 2 is 2.40 bits per heavy atom. The molecule has 0 aliphatic heterocycles. The zero-order chi connectivity index (χ0) is 14.4. The van der Waals surface area contributed by atoms with Crippen LogP contribution in [0.5, 0.6) is 0 Å². The second-order valence-electron chi connectivity index (χ2n) is 4.31. The van der Waals surface area contributed by atoms with E-state index in [9.17, 15) is 4.79 Å². The van der Waals surface area contributed by atoms with Gasteiger partial charge >= 0.3 is 5.97 Å². The van der Waals surface area contributed by atoms with Crippen LogP contribution in [0.3, 0.4) is 0 Å². The number of aryl methyl sites for hydroxylation is 2. The number of carbonyl (C=O) groups excluding carboxylic acids is 1. The van der Waals surface area contributed by atoms with Gasteiger partial charge < -0.3 is 10.1 Å². The Bertz CT molecular complexity index is 564. The van der Waals surface area contributed by atoms with Crippen molar-refractivity contribution in [2.24, 2.45) is 0 Å². The van der Waals surface area contributed by atoms with Gasteiger partial charge in [-0.05, 0) is 32.3 Å². The van der Waals surface area contributed by atoms with Gasteiger partial charge in [-0.3, -0.25) is 5.10 Å². The largest absolute Gasteiger partial charge is 0.461 e. The highest BCUT2D eigenvalue weighted by Crippen LogP contribution is 2.16. The average Bonchev–Trinajstić information content (AvgIpc) is 3.04. The highest BCUT2D eigenvalue weighted by Gasteiger charge is 2.11. The Balaban J connectivity index is 1.74. The summed E-state index contributed by atoms with van der Waals surface area (Å²) in [5, 5.41) is 12.6. The Morgan fingerprint density at radius 3 is 3.10 bits per heavy atom. The fraction of sp³-hybridized carbons (Fsp3) is 0.462. The lowest BCUT2D eigenvalue weighted by molar-refractivity contribution is 0.0520. The molecule has 0 saturated heterocycles. The Labute approximate surface area is 121 Å². The first-order valence-corrected chi connectivity index (χ1v) is 7.44. The first-order valence-electron chi connectivity index (χ1n) is 6.56. The maximum Gasteiger partial charge on any atom is 0.357 e. The van der Waals surface area contributed by atoms with E-state index in [0.29, 0.717) is 12.3 Å². The van der Waals surface area contributed by atoms with Crippen molar-refractivity contribution in [3.8, 4) is 0 Å². The zero-order valence-electron chi connectivity index (χ0n) is 11.6. The maximum absolute atomic E-state index is 11.5. The minimum Gasteiger partial charge on any atom is -0.461 e. The van der Waals surface area contributed by atoms with E-state index >= 15 is 0 Å². The number of esters is 1. The third-order valence-corrected chi connectivity index (χ3v) is 3.62. The number of H-pyrrole nitrogens is 1. The van der Waals surface area contributed by atoms with E-state index in [-0.39, 0.29) is 5.97 Å². The summed E-state index contributed by atoms with van der Waals surface area (Å²) >= 11 is 1.41. The summed E-state index contributed by atoms with van der Waals surface area (Å²) in [6, 6.07) is 0. The zero-order valence-corrected chi connectivity index (χ0v) is 12.4. The second-order valence-corrected chi connectivity index (χ2v) is 5.17. The van der Waals surface area contributed by atoms with E-state index in [0.717, 1.165) is 30.2 Å². The molecule has 2 aromatic rings. The SMILES string of the molecule is CCOC(=O)c1csc(NCCCc2cn[nH]c2C)n1. The van der Waals surface area contributed by atoms with Crippen LogP contribution in [0.4, 0.5) is 5.13 Å². The summed E-state index contributed by atoms with van der Waals surface area (Å²) in [6.07, 6.45) is 3.80. The molecular weight excluding hydrogens is 276 g/mol. The monoisotopic (exact) mass is 294 g/mol. The first kappa shape index (κ1) is 14.5. The number of thiazole rings is 1. The average molecular weight is 294 g/mol. The third kappa shape index (κ3) is 3.80. The Morgan fingerprint density at radius 1 is 1.55 bits per heavy atom. The van der Waals surface area contributed by atoms with E-state index < -0.39 is 0 Å². The first-order chi connectivity index (χ1) is 9.70. The van der Waals surface area contributed by atoms with Crippen molar-refractivity contribution >= 4 is 22.4 Å². The van der Waals surface area contributed by atoms with Crippen LogP contribution in [0.25, 0.3) is 0 Å². The number of ether oxygens (including phenoxy) is 1. The van der Waals surface area contributed by atoms with Crippen molar-refractivity contribution in [3.63, 3.8) is 0 Å². The van der Waals surface area contributed by atoms with Crippen LogP contribution in [0.15, 0.2) is 11.6 Å². The molecule has 6 nitrogen and oxygen atoms in total. The minimum atomic E-state index is -0.370. The normalized spacial score (nSPS) is 10.5. The molecule has 0 spiro atoms. The molecule has 0 bridgehead atoms. The topological polar surface area (TPSA) is 79.9 Å². The lowest BCUT2D eigenvalue weighted by Crippen LogP contribution is -2.06. The standard InChI is InChI=1S/C13H18N4O2S/c1-3-19-12(18)11-8-20-13(16-11)14-6-4-5-10-7-15-17-9(10)2/h7-8H,3-6H2,1-2H3,(H,14,16)(H,15,17). The summed E-state index contributed by atoms with van der Waals surface area (Å²) in [5.41, 5.74) is 2.71. The van der Waals surface area contributed by atoms with Gasteiger partial charge in [-0.15, -0.1) is 11.3 Å². The maximum atomic E-state index is 11.5. The van der Waals surface area contributed by atoms with E-state index in [1.54, 1.807) is 12.3 Å². The molecule has 0 saturated carbocycles. The molecule has 0 atom stereocenters. The number of aromatic nitrogens is 3. The summed E-state index contributed by atoms with van der Waals surface area (Å²) in [4.78, 5) is 15.7. The van der Waals surface area contributed by atoms with Gasteiger partial charge in [-0.1, -0.05) is 0 Å². The number of nitrogens with one attached hydrogen (secondary N) is 2. The van der Waals surface area contributed by atoms with Crippen molar-refractivity contribution in [2.45, 2.75) is 26.7 Å². The molecule has 0 aliphatic rings. The van der Waals surface area contributed by atoms with Crippen LogP contribution >= 0.6 is 11.3 Å². The minimum absolute atomic E-state index is 0.364. The molecule has 0 aromatic carbocycles. The van der Waals surface area contributed by atoms with Crippen molar-refractivity contribution in [1.29, 1.82) is 0 Å². The van der Waals surface area contributed by atoms with Gasteiger partial charge in [0.1, 0.15) is 0 Å². The van der Waals surface area contributed by atoms with Gasteiger partial charge in [0.2, 0.25) is 0 Å². The van der Waals surface area contributed by atoms with E-state index in [4.69, 9.17) is 4.74 Å². The molecule has 0 unspecified atom stereocenters. The predicted octanol–water partition coefficient (Wildman–Crippen LogP) is 2.40. The molecule has 0 fully saturated rings. The highest BCUT2D eigenvalue weighted by atomic mass is 32.1. The lowest BCUT2D eigenvalue weighted by atomic mass is 10.1. The van der Waals surface area contributed by atoms with Crippen LogP contribution in [-0.2, 0) is 11.2 Å². The predicted molar refractivity (Wildman–Crippen MR) is 78.2 cm³/mol. The molecule has 7 heteroatoms. The number of hydrogen-bond acceptors (Lipinski definition) is 6. The number of aromatic amines is 1. The Hall–Kier alpha value is -1.89. The molecule has 2 aromatic heterocycles. The van der Waals surface area contributed by atoms with Gasteiger partial charge in [0.25, 0.3) is 0 Å². The van der Waals surface area contributed by atoms with Gasteiger partial charge in [0.15, 0.2) is 10.8 Å². The van der Waals surface area contributed by atoms with Crippen molar-refractivity contribution in [3.05, 3.63) is 28.5 Å². The molecule has 2 rings (SSSR count). The van der Waals surface area contributed by atoms with Crippen LogP contribution in [0.2, 0.25) is 0 Å². The number of nitrogens with zero attached hydrogens (tertiary/aromatic N) is 2. The number of anilines is 1. The van der Waals surface area contributed by atoms with Gasteiger partial charge in [0.05, 0.1) is 12.8 Å². The van der Waals surface area contributed by atoms with E-state index in [2.05, 4.69) is 20.5 Å². The molecule has 0 radical (unpaired) electrons. The molecule has 2 heterocycles. The smallest absolute Gasteiger partial charge is 0.357 e. The molecule has 108 valence electrons. The third-order valence-electron chi connectivity index (χ3n) is 2.82. The van der Waals surface area contributed by atoms with Crippen LogP contribution < -0.4 is 5.32 Å². The van der Waals surface area contributed by atoms with Gasteiger partial charge in [-0.2, -0.15) is 5.10 Å². The summed E-state index contributed by atoms with van der Waals surface area (Å²) < 4.78 is 4.90. The van der Waals surface area contributed by atoms with Gasteiger partial charge in [-0.25, -0.2) is 9.78 Å². The molecule has 20 heavy (non-hydrogen) atoms. The van der Waals surface area contributed by atoms with Crippen LogP contribution in [0.1, 0.15) is 35.1 Å². The molecule has 0 amide bonds.